The molecule has 0 unspecified atom stereocenters. The summed E-state index contributed by atoms with van der Waals surface area (Å²) in [5.41, 5.74) is 16.8. The molecule has 0 amide bonds. The summed E-state index contributed by atoms with van der Waals surface area (Å²) in [6.45, 7) is 1.93. The Morgan fingerprint density at radius 2 is 1.75 bits per heavy atom. The van der Waals surface area contributed by atoms with Crippen molar-refractivity contribution in [2.24, 2.45) is 4.99 Å². The molecule has 102 valence electrons. The Morgan fingerprint density at radius 3 is 2.45 bits per heavy atom. The predicted octanol–water partition coefficient (Wildman–Crippen LogP) is 2.62. The minimum Gasteiger partial charge on any atom is -0.398 e. The second kappa shape index (κ2) is 5.57. The number of hydrogen-bond acceptors (Lipinski definition) is 4. The van der Waals surface area contributed by atoms with E-state index in [9.17, 15) is 0 Å². The molecule has 0 atom stereocenters. The van der Waals surface area contributed by atoms with Crippen molar-refractivity contribution < 1.29 is 0 Å². The van der Waals surface area contributed by atoms with E-state index in [2.05, 4.69) is 4.99 Å². The second-order valence-corrected chi connectivity index (χ2v) is 4.61. The van der Waals surface area contributed by atoms with Crippen LogP contribution in [0.15, 0.2) is 41.4 Å². The van der Waals surface area contributed by atoms with Gasteiger partial charge < -0.3 is 11.5 Å². The topological polar surface area (TPSA) is 88.2 Å². The van der Waals surface area contributed by atoms with Crippen molar-refractivity contribution in [2.75, 3.05) is 18.5 Å². The number of nitrogens with one attached hydrogen (secondary N) is 1. The van der Waals surface area contributed by atoms with Crippen molar-refractivity contribution in [1.29, 1.82) is 5.41 Å². The van der Waals surface area contributed by atoms with Crippen molar-refractivity contribution in [3.63, 3.8) is 0 Å². The lowest BCUT2D eigenvalue weighted by Gasteiger charge is -2.13. The first-order valence-electron chi connectivity index (χ1n) is 6.31. The summed E-state index contributed by atoms with van der Waals surface area (Å²) in [5.74, 6) is 0. The molecule has 0 bridgehead atoms. The minimum absolute atomic E-state index is 0.355. The monoisotopic (exact) mass is 266 g/mol. The Bertz CT molecular complexity index is 687. The number of anilines is 2. The third kappa shape index (κ3) is 2.40. The number of aryl methyl sites for hydroxylation is 1. The highest BCUT2D eigenvalue weighted by molar-refractivity contribution is 6.18. The number of benzene rings is 2. The lowest BCUT2D eigenvalue weighted by atomic mass is 9.94. The van der Waals surface area contributed by atoms with Gasteiger partial charge >= 0.3 is 0 Å². The first-order valence-corrected chi connectivity index (χ1v) is 6.31. The van der Waals surface area contributed by atoms with Gasteiger partial charge in [0.05, 0.1) is 5.71 Å². The largest absolute Gasteiger partial charge is 0.398 e. The number of rotatable bonds is 3. The quantitative estimate of drug-likeness (QED) is 0.589. The Kier molecular flexibility index (Phi) is 3.84. The molecule has 0 saturated carbocycles. The van der Waals surface area contributed by atoms with Gasteiger partial charge in [0.2, 0.25) is 0 Å². The van der Waals surface area contributed by atoms with Gasteiger partial charge in [0.25, 0.3) is 0 Å². The Labute approximate surface area is 118 Å². The molecule has 2 aromatic carbocycles. The second-order valence-electron chi connectivity index (χ2n) is 4.61. The van der Waals surface area contributed by atoms with Crippen LogP contribution in [0.1, 0.15) is 22.3 Å². The van der Waals surface area contributed by atoms with Crippen LogP contribution < -0.4 is 11.5 Å². The van der Waals surface area contributed by atoms with Crippen LogP contribution in [0.5, 0.6) is 0 Å². The fourth-order valence-electron chi connectivity index (χ4n) is 2.12. The highest BCUT2D eigenvalue weighted by atomic mass is 14.7. The zero-order valence-electron chi connectivity index (χ0n) is 11.6. The van der Waals surface area contributed by atoms with Crippen LogP contribution in [0, 0.1) is 12.3 Å². The number of hydrogen-bond donors (Lipinski definition) is 3. The summed E-state index contributed by atoms with van der Waals surface area (Å²) in [7, 11) is 1.68. The molecule has 4 nitrogen and oxygen atoms in total. The van der Waals surface area contributed by atoms with Gasteiger partial charge in [0.15, 0.2) is 0 Å². The summed E-state index contributed by atoms with van der Waals surface area (Å²) >= 11 is 0. The Morgan fingerprint density at radius 1 is 1.10 bits per heavy atom. The molecule has 0 radical (unpaired) electrons. The number of nitrogen functional groups attached to an aromatic ring is 2. The molecule has 0 aromatic heterocycles. The third-order valence-electron chi connectivity index (χ3n) is 3.26. The number of aliphatic imine (C=N–C) groups is 1. The number of nitrogens with zero attached hydrogens (tertiary/aromatic N) is 1. The molecule has 0 aliphatic rings. The van der Waals surface area contributed by atoms with E-state index in [1.54, 1.807) is 19.3 Å². The summed E-state index contributed by atoms with van der Waals surface area (Å²) in [6, 6.07) is 11.2. The van der Waals surface area contributed by atoms with E-state index >= 15 is 0 Å². The molecule has 2 rings (SSSR count). The van der Waals surface area contributed by atoms with Gasteiger partial charge in [0.1, 0.15) is 0 Å². The van der Waals surface area contributed by atoms with Gasteiger partial charge in [-0.25, -0.2) is 0 Å². The van der Waals surface area contributed by atoms with Crippen LogP contribution in [0.4, 0.5) is 11.4 Å². The van der Waals surface area contributed by atoms with Gasteiger partial charge in [-0.1, -0.05) is 30.3 Å². The van der Waals surface area contributed by atoms with Crippen LogP contribution in [0.25, 0.3) is 0 Å². The van der Waals surface area contributed by atoms with Gasteiger partial charge in [-0.3, -0.25) is 10.4 Å². The van der Waals surface area contributed by atoms with Crippen molar-refractivity contribution in [2.45, 2.75) is 6.92 Å². The summed E-state index contributed by atoms with van der Waals surface area (Å²) < 4.78 is 0. The zero-order valence-corrected chi connectivity index (χ0v) is 11.6. The molecule has 20 heavy (non-hydrogen) atoms. The van der Waals surface area contributed by atoms with E-state index in [0.717, 1.165) is 16.7 Å². The number of nitrogens with two attached hydrogens (primary N) is 2. The maximum absolute atomic E-state index is 8.43. The molecule has 0 heterocycles. The maximum Gasteiger partial charge on any atom is 0.0712 e. The van der Waals surface area contributed by atoms with E-state index in [1.165, 1.54) is 0 Å². The van der Waals surface area contributed by atoms with Crippen molar-refractivity contribution in [3.05, 3.63) is 58.7 Å². The summed E-state index contributed by atoms with van der Waals surface area (Å²) in [5, 5.41) is 8.43. The highest BCUT2D eigenvalue weighted by Crippen LogP contribution is 2.23. The first-order chi connectivity index (χ1) is 9.56. The Balaban J connectivity index is 2.60. The fourth-order valence-corrected chi connectivity index (χ4v) is 2.12. The third-order valence-corrected chi connectivity index (χ3v) is 3.26. The van der Waals surface area contributed by atoms with Crippen LogP contribution in [-0.4, -0.2) is 19.0 Å². The summed E-state index contributed by atoms with van der Waals surface area (Å²) in [4.78, 5) is 4.01. The first kappa shape index (κ1) is 13.8. The highest BCUT2D eigenvalue weighted by Gasteiger charge is 2.14. The molecule has 0 aliphatic carbocycles. The lowest BCUT2D eigenvalue weighted by molar-refractivity contribution is 1.40. The predicted molar refractivity (Wildman–Crippen MR) is 85.9 cm³/mol. The van der Waals surface area contributed by atoms with E-state index < -0.39 is 0 Å². The molecule has 5 N–H and O–H groups in total. The van der Waals surface area contributed by atoms with E-state index in [1.807, 2.05) is 37.3 Å². The van der Waals surface area contributed by atoms with Crippen LogP contribution in [-0.2, 0) is 0 Å². The zero-order chi connectivity index (χ0) is 14.7. The molecule has 0 saturated heterocycles. The summed E-state index contributed by atoms with van der Waals surface area (Å²) in [6.07, 6.45) is 1.67. The van der Waals surface area contributed by atoms with Crippen LogP contribution >= 0.6 is 0 Å². The SMILES string of the molecule is CN=Cc1c(N)cccc1C(=N)c1cccc(C)c1N. The molecular formula is C16H18N4. The van der Waals surface area contributed by atoms with Gasteiger partial charge in [0, 0.05) is 41.3 Å². The Hall–Kier alpha value is -2.62. The van der Waals surface area contributed by atoms with E-state index in [4.69, 9.17) is 16.9 Å². The molecule has 0 fully saturated rings. The smallest absolute Gasteiger partial charge is 0.0712 e. The normalized spacial score (nSPS) is 10.9. The minimum atomic E-state index is 0.355. The molecular weight excluding hydrogens is 248 g/mol. The lowest BCUT2D eigenvalue weighted by Crippen LogP contribution is -2.10. The van der Waals surface area contributed by atoms with Gasteiger partial charge in [-0.05, 0) is 18.6 Å². The average Bonchev–Trinajstić information content (AvgIpc) is 2.43. The van der Waals surface area contributed by atoms with Crippen molar-refractivity contribution in [1.82, 2.24) is 0 Å². The fraction of sp³-hybridized carbons (Fsp3) is 0.125. The molecule has 0 spiro atoms. The van der Waals surface area contributed by atoms with E-state index in [0.29, 0.717) is 22.6 Å². The molecule has 4 heteroatoms. The van der Waals surface area contributed by atoms with Crippen LogP contribution in [0.3, 0.4) is 0 Å². The van der Waals surface area contributed by atoms with Gasteiger partial charge in [-0.15, -0.1) is 0 Å². The van der Waals surface area contributed by atoms with Crippen molar-refractivity contribution in [3.8, 4) is 0 Å². The van der Waals surface area contributed by atoms with Crippen molar-refractivity contribution >= 4 is 23.3 Å². The number of para-hydroxylation sites is 1. The standard InChI is InChI=1S/C16H18N4/c1-10-5-3-7-12(15(10)18)16(19)11-6-4-8-14(17)13(11)9-20-2/h3-9,19H,17-18H2,1-2H3. The molecule has 0 aliphatic heterocycles. The molecule has 2 aromatic rings. The van der Waals surface area contributed by atoms with Crippen LogP contribution in [0.2, 0.25) is 0 Å². The average molecular weight is 266 g/mol. The van der Waals surface area contributed by atoms with E-state index in [-0.39, 0.29) is 0 Å². The maximum atomic E-state index is 8.43. The van der Waals surface area contributed by atoms with Gasteiger partial charge in [-0.2, -0.15) is 0 Å².